The number of aryl methyl sites for hydroxylation is 1. The molecule has 0 spiro atoms. The Morgan fingerprint density at radius 2 is 2.25 bits per heavy atom. The summed E-state index contributed by atoms with van der Waals surface area (Å²) >= 11 is 1.57. The van der Waals surface area contributed by atoms with Gasteiger partial charge in [-0.2, -0.15) is 5.10 Å². The Morgan fingerprint density at radius 3 is 2.95 bits per heavy atom. The molecule has 0 saturated carbocycles. The zero-order valence-corrected chi connectivity index (χ0v) is 12.1. The first-order valence-electron chi connectivity index (χ1n) is 6.62. The van der Waals surface area contributed by atoms with Gasteiger partial charge in [0, 0.05) is 23.7 Å². The van der Waals surface area contributed by atoms with Crippen molar-refractivity contribution in [2.75, 3.05) is 0 Å². The molecule has 6 heteroatoms. The van der Waals surface area contributed by atoms with E-state index in [1.165, 1.54) is 10.9 Å². The van der Waals surface area contributed by atoms with Gasteiger partial charge >= 0.3 is 0 Å². The SMILES string of the molecule is CCn1nc(CC(NN)c2cscn2)c2ccccc21. The third kappa shape index (κ3) is 2.33. The smallest absolute Gasteiger partial charge is 0.0795 e. The first-order valence-corrected chi connectivity index (χ1v) is 7.56. The fourth-order valence-corrected chi connectivity index (χ4v) is 3.03. The molecule has 5 nitrogen and oxygen atoms in total. The summed E-state index contributed by atoms with van der Waals surface area (Å²) in [5, 5.41) is 7.90. The van der Waals surface area contributed by atoms with Crippen molar-refractivity contribution in [3.8, 4) is 0 Å². The van der Waals surface area contributed by atoms with Crippen molar-refractivity contribution in [1.82, 2.24) is 20.2 Å². The van der Waals surface area contributed by atoms with Crippen LogP contribution in [0.15, 0.2) is 35.2 Å². The van der Waals surface area contributed by atoms with Crippen molar-refractivity contribution in [3.63, 3.8) is 0 Å². The molecule has 0 fully saturated rings. The van der Waals surface area contributed by atoms with Gasteiger partial charge in [0.1, 0.15) is 0 Å². The van der Waals surface area contributed by atoms with Gasteiger partial charge in [-0.3, -0.25) is 16.0 Å². The van der Waals surface area contributed by atoms with Crippen molar-refractivity contribution in [2.45, 2.75) is 25.9 Å². The highest BCUT2D eigenvalue weighted by Crippen LogP contribution is 2.23. The summed E-state index contributed by atoms with van der Waals surface area (Å²) in [6.07, 6.45) is 0.730. The molecule has 0 aliphatic heterocycles. The highest BCUT2D eigenvalue weighted by Gasteiger charge is 2.17. The second-order valence-electron chi connectivity index (χ2n) is 4.62. The predicted molar refractivity (Wildman–Crippen MR) is 81.3 cm³/mol. The van der Waals surface area contributed by atoms with Crippen molar-refractivity contribution < 1.29 is 0 Å². The summed E-state index contributed by atoms with van der Waals surface area (Å²) in [4.78, 5) is 4.33. The van der Waals surface area contributed by atoms with Crippen molar-refractivity contribution in [3.05, 3.63) is 46.5 Å². The van der Waals surface area contributed by atoms with Gasteiger partial charge in [0.05, 0.1) is 28.5 Å². The zero-order chi connectivity index (χ0) is 13.9. The Morgan fingerprint density at radius 1 is 1.40 bits per heavy atom. The minimum absolute atomic E-state index is 0.00939. The van der Waals surface area contributed by atoms with Crippen LogP contribution in [0.3, 0.4) is 0 Å². The van der Waals surface area contributed by atoms with E-state index < -0.39 is 0 Å². The number of para-hydroxylation sites is 1. The second kappa shape index (κ2) is 5.70. The van der Waals surface area contributed by atoms with Gasteiger partial charge in [0.2, 0.25) is 0 Å². The molecule has 1 unspecified atom stereocenters. The number of rotatable bonds is 5. The molecule has 0 radical (unpaired) electrons. The number of hydrazine groups is 1. The van der Waals surface area contributed by atoms with Crippen molar-refractivity contribution >= 4 is 22.2 Å². The lowest BCUT2D eigenvalue weighted by Crippen LogP contribution is -2.30. The highest BCUT2D eigenvalue weighted by molar-refractivity contribution is 7.07. The van der Waals surface area contributed by atoms with Gasteiger partial charge < -0.3 is 0 Å². The van der Waals surface area contributed by atoms with Crippen LogP contribution in [0.1, 0.15) is 24.4 Å². The monoisotopic (exact) mass is 287 g/mol. The number of benzene rings is 1. The Hall–Kier alpha value is -1.76. The van der Waals surface area contributed by atoms with Crippen LogP contribution in [0, 0.1) is 0 Å². The van der Waals surface area contributed by atoms with Crippen LogP contribution in [-0.2, 0) is 13.0 Å². The van der Waals surface area contributed by atoms with E-state index in [-0.39, 0.29) is 6.04 Å². The fourth-order valence-electron chi connectivity index (χ4n) is 2.42. The number of nitrogens with one attached hydrogen (secondary N) is 1. The minimum atomic E-state index is -0.00939. The molecule has 0 aliphatic carbocycles. The van der Waals surface area contributed by atoms with Gasteiger partial charge in [-0.15, -0.1) is 11.3 Å². The average molecular weight is 287 g/mol. The van der Waals surface area contributed by atoms with Crippen LogP contribution < -0.4 is 11.3 Å². The van der Waals surface area contributed by atoms with E-state index in [0.717, 1.165) is 24.4 Å². The molecule has 3 N–H and O–H groups in total. The molecule has 2 aromatic heterocycles. The van der Waals surface area contributed by atoms with Gasteiger partial charge in [-0.25, -0.2) is 4.98 Å². The van der Waals surface area contributed by atoms with Gasteiger partial charge in [-0.1, -0.05) is 18.2 Å². The molecule has 3 aromatic rings. The minimum Gasteiger partial charge on any atom is -0.271 e. The maximum absolute atomic E-state index is 5.68. The standard InChI is InChI=1S/C14H17N5S/c1-2-19-14-6-4-3-5-10(14)11(18-19)7-12(17-15)13-8-20-9-16-13/h3-6,8-9,12,17H,2,7,15H2,1H3. The van der Waals surface area contributed by atoms with E-state index in [2.05, 4.69) is 29.5 Å². The third-order valence-electron chi connectivity index (χ3n) is 3.44. The lowest BCUT2D eigenvalue weighted by molar-refractivity contribution is 0.530. The Bertz CT molecular complexity index is 689. The number of hydrogen-bond donors (Lipinski definition) is 2. The third-order valence-corrected chi connectivity index (χ3v) is 4.05. The largest absolute Gasteiger partial charge is 0.271 e. The molecule has 0 aliphatic rings. The Labute approximate surface area is 121 Å². The van der Waals surface area contributed by atoms with E-state index >= 15 is 0 Å². The van der Waals surface area contributed by atoms with E-state index in [1.54, 1.807) is 11.3 Å². The van der Waals surface area contributed by atoms with Gasteiger partial charge in [-0.05, 0) is 13.0 Å². The summed E-state index contributed by atoms with van der Waals surface area (Å²) in [7, 11) is 0. The average Bonchev–Trinajstić information content (AvgIpc) is 3.13. The highest BCUT2D eigenvalue weighted by atomic mass is 32.1. The Kier molecular flexibility index (Phi) is 3.77. The van der Waals surface area contributed by atoms with Crippen LogP contribution in [0.5, 0.6) is 0 Å². The molecule has 104 valence electrons. The predicted octanol–water partition coefficient (Wildman–Crippen LogP) is 2.26. The summed E-state index contributed by atoms with van der Waals surface area (Å²) in [5.41, 5.74) is 7.85. The molecule has 3 rings (SSSR count). The lowest BCUT2D eigenvalue weighted by atomic mass is 10.1. The molecule has 0 amide bonds. The van der Waals surface area contributed by atoms with E-state index in [9.17, 15) is 0 Å². The van der Waals surface area contributed by atoms with Gasteiger partial charge in [0.25, 0.3) is 0 Å². The molecule has 20 heavy (non-hydrogen) atoms. The molecule has 0 saturated heterocycles. The summed E-state index contributed by atoms with van der Waals surface area (Å²) in [6, 6.07) is 8.28. The number of aromatic nitrogens is 3. The molecular formula is C14H17N5S. The van der Waals surface area contributed by atoms with E-state index in [1.807, 2.05) is 27.7 Å². The molecule has 0 bridgehead atoms. The maximum atomic E-state index is 5.68. The van der Waals surface area contributed by atoms with Crippen molar-refractivity contribution in [1.29, 1.82) is 0 Å². The summed E-state index contributed by atoms with van der Waals surface area (Å²) in [6.45, 7) is 2.96. The maximum Gasteiger partial charge on any atom is 0.0795 e. The van der Waals surface area contributed by atoms with Gasteiger partial charge in [0.15, 0.2) is 0 Å². The van der Waals surface area contributed by atoms with Crippen LogP contribution in [0.25, 0.3) is 10.9 Å². The van der Waals surface area contributed by atoms with Crippen LogP contribution in [0.4, 0.5) is 0 Å². The first-order chi connectivity index (χ1) is 9.83. The number of hydrogen-bond acceptors (Lipinski definition) is 5. The van der Waals surface area contributed by atoms with Crippen molar-refractivity contribution in [2.24, 2.45) is 5.84 Å². The lowest BCUT2D eigenvalue weighted by Gasteiger charge is -2.11. The molecule has 1 aromatic carbocycles. The number of fused-ring (bicyclic) bond motifs is 1. The molecule has 2 heterocycles. The van der Waals surface area contributed by atoms with E-state index in [4.69, 9.17) is 10.9 Å². The first kappa shape index (κ1) is 13.2. The second-order valence-corrected chi connectivity index (χ2v) is 5.33. The van der Waals surface area contributed by atoms with Crippen LogP contribution >= 0.6 is 11.3 Å². The fraction of sp³-hybridized carbons (Fsp3) is 0.286. The van der Waals surface area contributed by atoms with Crippen LogP contribution in [0.2, 0.25) is 0 Å². The quantitative estimate of drug-likeness (QED) is 0.558. The molecule has 1 atom stereocenters. The number of nitrogens with zero attached hydrogens (tertiary/aromatic N) is 3. The molecular weight excluding hydrogens is 270 g/mol. The summed E-state index contributed by atoms with van der Waals surface area (Å²) < 4.78 is 2.03. The number of nitrogens with two attached hydrogens (primary N) is 1. The Balaban J connectivity index is 1.98. The normalized spacial score (nSPS) is 12.9. The van der Waals surface area contributed by atoms with E-state index in [0.29, 0.717) is 0 Å². The summed E-state index contributed by atoms with van der Waals surface area (Å²) in [5.74, 6) is 5.68. The number of thiazole rings is 1. The van der Waals surface area contributed by atoms with Crippen LogP contribution in [-0.4, -0.2) is 14.8 Å². The topological polar surface area (TPSA) is 68.8 Å². The zero-order valence-electron chi connectivity index (χ0n) is 11.3.